The van der Waals surface area contributed by atoms with Crippen LogP contribution in [0.4, 0.5) is 0 Å². The molecule has 0 aromatic carbocycles. The number of hydrogen-bond donors (Lipinski definition) is 1. The Balaban J connectivity index is 3.48. The second kappa shape index (κ2) is 25.7. The Kier molecular flexibility index (Phi) is 25.4. The van der Waals surface area contributed by atoms with Gasteiger partial charge in [-0.25, -0.2) is 0 Å². The number of aliphatic carboxylic acids is 1. The van der Waals surface area contributed by atoms with Crippen LogP contribution in [0.15, 0.2) is 0 Å². The van der Waals surface area contributed by atoms with Crippen LogP contribution in [0.3, 0.4) is 0 Å². The highest BCUT2D eigenvalue weighted by molar-refractivity contribution is 5.69. The van der Waals surface area contributed by atoms with E-state index in [0.717, 1.165) is 24.7 Å². The van der Waals surface area contributed by atoms with Crippen molar-refractivity contribution in [2.45, 2.75) is 189 Å². The number of hydrogen-bond acceptors (Lipinski definition) is 1. The molecule has 0 amide bonds. The van der Waals surface area contributed by atoms with E-state index in [1.54, 1.807) is 0 Å². The third-order valence-electron chi connectivity index (χ3n) is 8.64. The zero-order valence-electron chi connectivity index (χ0n) is 26.5. The lowest BCUT2D eigenvalue weighted by atomic mass is 9.82. The maximum absolute atomic E-state index is 11.1. The lowest BCUT2D eigenvalue weighted by Crippen LogP contribution is -2.16. The fraction of sp³-hybridized carbons (Fsp3) is 0.971. The van der Waals surface area contributed by atoms with Crippen molar-refractivity contribution in [2.75, 3.05) is 0 Å². The van der Waals surface area contributed by atoms with E-state index in [1.807, 2.05) is 6.92 Å². The normalized spacial score (nSPS) is 15.8. The smallest absolute Gasteiger partial charge is 0.306 e. The standard InChI is InChI=1S/C35H70O2/c1-7-8-9-10-11-12-13-14-15-16-17-18-19-20-21-22-23-24-25-30(2)26-31(3)27-32(4)28-33(5)29-34(6)35(36)37/h30-34H,7-29H2,1-6H3,(H,36,37)/t30-,31-,32-,33-,34-/m1/s1. The first-order valence-corrected chi connectivity index (χ1v) is 17.0. The molecule has 0 unspecified atom stereocenters. The monoisotopic (exact) mass is 523 g/mol. The van der Waals surface area contributed by atoms with E-state index in [-0.39, 0.29) is 5.92 Å². The summed E-state index contributed by atoms with van der Waals surface area (Å²) in [6.07, 6.45) is 32.1. The number of carboxylic acids is 1. The van der Waals surface area contributed by atoms with Crippen molar-refractivity contribution < 1.29 is 9.90 Å². The minimum Gasteiger partial charge on any atom is -0.481 e. The molecular weight excluding hydrogens is 452 g/mol. The Labute approximate surface area is 234 Å². The molecule has 0 fully saturated rings. The molecule has 0 aromatic heterocycles. The van der Waals surface area contributed by atoms with Gasteiger partial charge in [0, 0.05) is 0 Å². The second-order valence-electron chi connectivity index (χ2n) is 13.4. The van der Waals surface area contributed by atoms with E-state index < -0.39 is 5.97 Å². The summed E-state index contributed by atoms with van der Waals surface area (Å²) in [5, 5.41) is 9.13. The summed E-state index contributed by atoms with van der Waals surface area (Å²) in [5.41, 5.74) is 0. The molecule has 2 heteroatoms. The Hall–Kier alpha value is -0.530. The maximum Gasteiger partial charge on any atom is 0.306 e. The lowest BCUT2D eigenvalue weighted by molar-refractivity contribution is -0.141. The van der Waals surface area contributed by atoms with Gasteiger partial charge >= 0.3 is 5.97 Å². The summed E-state index contributed by atoms with van der Waals surface area (Å²) in [6, 6.07) is 0. The molecule has 0 spiro atoms. The highest BCUT2D eigenvalue weighted by Crippen LogP contribution is 2.28. The molecule has 222 valence electrons. The fourth-order valence-corrected chi connectivity index (χ4v) is 6.57. The van der Waals surface area contributed by atoms with Crippen LogP contribution < -0.4 is 0 Å². The highest BCUT2D eigenvalue weighted by Gasteiger charge is 2.19. The Morgan fingerprint density at radius 2 is 0.757 bits per heavy atom. The molecule has 0 heterocycles. The fourth-order valence-electron chi connectivity index (χ4n) is 6.57. The van der Waals surface area contributed by atoms with Crippen LogP contribution >= 0.6 is 0 Å². The zero-order valence-corrected chi connectivity index (χ0v) is 26.5. The van der Waals surface area contributed by atoms with Gasteiger partial charge in [-0.05, 0) is 49.4 Å². The Morgan fingerprint density at radius 1 is 0.459 bits per heavy atom. The van der Waals surface area contributed by atoms with Crippen LogP contribution in [0.5, 0.6) is 0 Å². The molecule has 2 nitrogen and oxygen atoms in total. The van der Waals surface area contributed by atoms with Gasteiger partial charge in [-0.15, -0.1) is 0 Å². The lowest BCUT2D eigenvalue weighted by Gasteiger charge is -2.23. The molecule has 1 N–H and O–H groups in total. The van der Waals surface area contributed by atoms with Gasteiger partial charge in [0.1, 0.15) is 0 Å². The second-order valence-corrected chi connectivity index (χ2v) is 13.4. The molecule has 0 aliphatic carbocycles. The van der Waals surface area contributed by atoms with Gasteiger partial charge in [-0.1, -0.05) is 164 Å². The van der Waals surface area contributed by atoms with E-state index in [4.69, 9.17) is 5.11 Å². The summed E-state index contributed by atoms with van der Waals surface area (Å²) >= 11 is 0. The molecule has 0 saturated heterocycles. The van der Waals surface area contributed by atoms with Crippen molar-refractivity contribution >= 4 is 5.97 Å². The number of rotatable bonds is 28. The van der Waals surface area contributed by atoms with Crippen molar-refractivity contribution in [3.05, 3.63) is 0 Å². The van der Waals surface area contributed by atoms with Crippen LogP contribution in [-0.2, 0) is 4.79 Å². The van der Waals surface area contributed by atoms with E-state index in [0.29, 0.717) is 11.8 Å². The number of carboxylic acid groups (broad SMARTS) is 1. The molecular formula is C35H70O2. The van der Waals surface area contributed by atoms with Gasteiger partial charge in [-0.2, -0.15) is 0 Å². The predicted octanol–water partition coefficient (Wildman–Crippen LogP) is 12.2. The number of carbonyl (C=O) groups is 1. The summed E-state index contributed by atoms with van der Waals surface area (Å²) in [4.78, 5) is 11.1. The Bertz CT molecular complexity index is 488. The first-order valence-electron chi connectivity index (χ1n) is 17.0. The third kappa shape index (κ3) is 25.5. The van der Waals surface area contributed by atoms with Gasteiger partial charge in [0.15, 0.2) is 0 Å². The SMILES string of the molecule is CCCCCCCCCCCCCCCCCCCC[C@@H](C)C[C@@H](C)C[C@@H](C)C[C@@H](C)C[C@@H](C)C(=O)O. The maximum atomic E-state index is 11.1. The molecule has 5 atom stereocenters. The van der Waals surface area contributed by atoms with Crippen molar-refractivity contribution in [1.29, 1.82) is 0 Å². The summed E-state index contributed by atoms with van der Waals surface area (Å²) < 4.78 is 0. The van der Waals surface area contributed by atoms with Gasteiger partial charge in [0.05, 0.1) is 5.92 Å². The van der Waals surface area contributed by atoms with Crippen LogP contribution in [0.25, 0.3) is 0 Å². The third-order valence-corrected chi connectivity index (χ3v) is 8.64. The van der Waals surface area contributed by atoms with E-state index >= 15 is 0 Å². The molecule has 37 heavy (non-hydrogen) atoms. The van der Waals surface area contributed by atoms with Crippen LogP contribution in [0, 0.1) is 29.6 Å². The Morgan fingerprint density at radius 3 is 1.11 bits per heavy atom. The molecule has 0 aliphatic rings. The first kappa shape index (κ1) is 36.5. The minimum absolute atomic E-state index is 0.214. The topological polar surface area (TPSA) is 37.3 Å². The van der Waals surface area contributed by atoms with Crippen LogP contribution in [0.2, 0.25) is 0 Å². The van der Waals surface area contributed by atoms with Crippen molar-refractivity contribution in [1.82, 2.24) is 0 Å². The van der Waals surface area contributed by atoms with Crippen molar-refractivity contribution in [2.24, 2.45) is 29.6 Å². The average Bonchev–Trinajstić information content (AvgIpc) is 2.82. The number of unbranched alkanes of at least 4 members (excludes halogenated alkanes) is 17. The minimum atomic E-state index is -0.652. The van der Waals surface area contributed by atoms with Gasteiger partial charge < -0.3 is 5.11 Å². The van der Waals surface area contributed by atoms with Gasteiger partial charge in [0.2, 0.25) is 0 Å². The predicted molar refractivity (Wildman–Crippen MR) is 165 cm³/mol. The molecule has 0 radical (unpaired) electrons. The van der Waals surface area contributed by atoms with Crippen molar-refractivity contribution in [3.8, 4) is 0 Å². The van der Waals surface area contributed by atoms with E-state index in [2.05, 4.69) is 34.6 Å². The van der Waals surface area contributed by atoms with Crippen molar-refractivity contribution in [3.63, 3.8) is 0 Å². The summed E-state index contributed by atoms with van der Waals surface area (Å²) in [7, 11) is 0. The van der Waals surface area contributed by atoms with Gasteiger partial charge in [0.25, 0.3) is 0 Å². The highest BCUT2D eigenvalue weighted by atomic mass is 16.4. The zero-order chi connectivity index (χ0) is 27.7. The molecule has 0 aliphatic heterocycles. The molecule has 0 rings (SSSR count). The van der Waals surface area contributed by atoms with Crippen LogP contribution in [0.1, 0.15) is 189 Å². The molecule has 0 saturated carbocycles. The quantitative estimate of drug-likeness (QED) is 0.104. The largest absolute Gasteiger partial charge is 0.481 e. The molecule has 0 bridgehead atoms. The summed E-state index contributed by atoms with van der Waals surface area (Å²) in [6.45, 7) is 13.6. The van der Waals surface area contributed by atoms with E-state index in [9.17, 15) is 4.79 Å². The summed E-state index contributed by atoms with van der Waals surface area (Å²) in [5.74, 6) is 1.96. The van der Waals surface area contributed by atoms with Crippen LogP contribution in [-0.4, -0.2) is 11.1 Å². The van der Waals surface area contributed by atoms with E-state index in [1.165, 1.54) is 135 Å². The first-order chi connectivity index (χ1) is 17.8. The van der Waals surface area contributed by atoms with Gasteiger partial charge in [-0.3, -0.25) is 4.79 Å². The molecule has 0 aromatic rings. The average molecular weight is 523 g/mol.